The summed E-state index contributed by atoms with van der Waals surface area (Å²) >= 11 is 0. The lowest BCUT2D eigenvalue weighted by Gasteiger charge is -2.31. The van der Waals surface area contributed by atoms with Crippen LogP contribution in [0.25, 0.3) is 11.4 Å². The summed E-state index contributed by atoms with van der Waals surface area (Å²) in [7, 11) is 3.18. The highest BCUT2D eigenvalue weighted by Gasteiger charge is 2.28. The van der Waals surface area contributed by atoms with Crippen molar-refractivity contribution in [1.82, 2.24) is 9.97 Å². The van der Waals surface area contributed by atoms with Crippen LogP contribution < -0.4 is 19.1 Å². The molecule has 5 rings (SSSR count). The number of aromatic nitrogens is 2. The van der Waals surface area contributed by atoms with Gasteiger partial charge in [0.1, 0.15) is 28.8 Å². The first-order valence-corrected chi connectivity index (χ1v) is 10.1. The van der Waals surface area contributed by atoms with Gasteiger partial charge in [-0.05, 0) is 23.8 Å². The first kappa shape index (κ1) is 19.4. The maximum atomic E-state index is 10.6. The van der Waals surface area contributed by atoms with Crippen molar-refractivity contribution in [2.24, 2.45) is 0 Å². The Morgan fingerprint density at radius 2 is 1.71 bits per heavy atom. The van der Waals surface area contributed by atoms with Crippen molar-refractivity contribution in [3.8, 4) is 40.3 Å². The second kappa shape index (κ2) is 7.96. The van der Waals surface area contributed by atoms with Gasteiger partial charge in [-0.15, -0.1) is 0 Å². The number of phenolic OH excluding ortho intramolecular Hbond substituents is 1. The lowest BCUT2D eigenvalue weighted by atomic mass is 10.0. The third kappa shape index (κ3) is 3.59. The van der Waals surface area contributed by atoms with Crippen molar-refractivity contribution in [3.63, 3.8) is 0 Å². The molecule has 1 N–H and O–H groups in total. The predicted octanol–water partition coefficient (Wildman–Crippen LogP) is 3.40. The number of fused-ring (bicyclic) bond motifs is 2. The number of ether oxygens (including phenoxy) is 4. The van der Waals surface area contributed by atoms with Gasteiger partial charge in [0.2, 0.25) is 5.88 Å². The zero-order chi connectivity index (χ0) is 21.4. The fourth-order valence-corrected chi connectivity index (χ4v) is 3.87. The van der Waals surface area contributed by atoms with Crippen LogP contribution in [0.2, 0.25) is 0 Å². The number of aromatic hydroxyl groups is 1. The summed E-state index contributed by atoms with van der Waals surface area (Å²) in [5.74, 6) is 3.73. The molecule has 0 spiro atoms. The number of morpholine rings is 1. The zero-order valence-electron chi connectivity index (χ0n) is 17.4. The van der Waals surface area contributed by atoms with Crippen LogP contribution in [0.3, 0.4) is 0 Å². The number of phenols is 1. The fourth-order valence-electron chi connectivity index (χ4n) is 3.87. The highest BCUT2D eigenvalue weighted by atomic mass is 16.5. The third-order valence-electron chi connectivity index (χ3n) is 5.55. The summed E-state index contributed by atoms with van der Waals surface area (Å²) in [5, 5.41) is 10.6. The molecule has 2 aliphatic rings. The second-order valence-corrected chi connectivity index (χ2v) is 7.39. The van der Waals surface area contributed by atoms with Gasteiger partial charge in [0.05, 0.1) is 38.6 Å². The van der Waals surface area contributed by atoms with Gasteiger partial charge in [0.25, 0.3) is 0 Å². The molecule has 1 fully saturated rings. The molecule has 0 atom stereocenters. The third-order valence-corrected chi connectivity index (χ3v) is 5.55. The van der Waals surface area contributed by atoms with Crippen LogP contribution in [0.5, 0.6) is 28.9 Å². The van der Waals surface area contributed by atoms with E-state index in [1.165, 1.54) is 0 Å². The maximum absolute atomic E-state index is 10.6. The predicted molar refractivity (Wildman–Crippen MR) is 115 cm³/mol. The minimum Gasteiger partial charge on any atom is -0.507 e. The van der Waals surface area contributed by atoms with E-state index >= 15 is 0 Å². The number of benzene rings is 2. The topological polar surface area (TPSA) is 86.2 Å². The molecule has 0 unspecified atom stereocenters. The second-order valence-electron chi connectivity index (χ2n) is 7.39. The van der Waals surface area contributed by atoms with Crippen LogP contribution >= 0.6 is 0 Å². The van der Waals surface area contributed by atoms with E-state index in [1.54, 1.807) is 32.4 Å². The molecular formula is C23H23N3O5. The molecule has 2 aromatic carbocycles. The van der Waals surface area contributed by atoms with Crippen molar-refractivity contribution in [1.29, 1.82) is 0 Å². The largest absolute Gasteiger partial charge is 0.507 e. The number of methoxy groups -OCH3 is 2. The van der Waals surface area contributed by atoms with Gasteiger partial charge >= 0.3 is 0 Å². The smallest absolute Gasteiger partial charge is 0.228 e. The average molecular weight is 421 g/mol. The summed E-state index contributed by atoms with van der Waals surface area (Å²) in [6, 6.07) is 10.9. The summed E-state index contributed by atoms with van der Waals surface area (Å²) in [4.78, 5) is 11.7. The van der Waals surface area contributed by atoms with E-state index in [9.17, 15) is 5.11 Å². The first-order valence-electron chi connectivity index (χ1n) is 10.1. The Morgan fingerprint density at radius 3 is 2.45 bits per heavy atom. The molecule has 8 nitrogen and oxygen atoms in total. The lowest BCUT2D eigenvalue weighted by molar-refractivity contribution is 0.122. The Morgan fingerprint density at radius 1 is 0.968 bits per heavy atom. The van der Waals surface area contributed by atoms with Crippen molar-refractivity contribution < 1.29 is 24.1 Å². The number of rotatable bonds is 4. The van der Waals surface area contributed by atoms with E-state index < -0.39 is 0 Å². The molecule has 0 saturated carbocycles. The Hall–Kier alpha value is -3.52. The van der Waals surface area contributed by atoms with Gasteiger partial charge < -0.3 is 29.0 Å². The van der Waals surface area contributed by atoms with Crippen LogP contribution in [-0.4, -0.2) is 55.6 Å². The van der Waals surface area contributed by atoms with Gasteiger partial charge in [-0.25, -0.2) is 4.98 Å². The van der Waals surface area contributed by atoms with Crippen molar-refractivity contribution >= 4 is 5.82 Å². The van der Waals surface area contributed by atoms with E-state index in [0.29, 0.717) is 48.4 Å². The first-order chi connectivity index (χ1) is 15.2. The Balaban J connectivity index is 1.63. The average Bonchev–Trinajstić information content (AvgIpc) is 2.82. The molecular weight excluding hydrogens is 398 g/mol. The molecule has 3 heterocycles. The molecule has 1 aromatic heterocycles. The van der Waals surface area contributed by atoms with E-state index in [0.717, 1.165) is 35.8 Å². The molecule has 3 aromatic rings. The summed E-state index contributed by atoms with van der Waals surface area (Å²) < 4.78 is 22.3. The number of hydrogen-bond donors (Lipinski definition) is 1. The molecule has 31 heavy (non-hydrogen) atoms. The van der Waals surface area contributed by atoms with Crippen LogP contribution in [0.1, 0.15) is 11.1 Å². The van der Waals surface area contributed by atoms with Crippen LogP contribution in [0.15, 0.2) is 36.4 Å². The Kier molecular flexibility index (Phi) is 4.99. The Labute approximate surface area is 180 Å². The van der Waals surface area contributed by atoms with Gasteiger partial charge in [-0.1, -0.05) is 6.07 Å². The zero-order valence-corrected chi connectivity index (χ0v) is 17.4. The van der Waals surface area contributed by atoms with E-state index in [1.807, 2.05) is 18.2 Å². The number of anilines is 1. The lowest BCUT2D eigenvalue weighted by Crippen LogP contribution is -2.37. The summed E-state index contributed by atoms with van der Waals surface area (Å²) in [5.41, 5.74) is 2.49. The fraction of sp³-hybridized carbons (Fsp3) is 0.304. The molecule has 0 bridgehead atoms. The Bertz CT molecular complexity index is 1130. The number of hydrogen-bond acceptors (Lipinski definition) is 8. The number of nitrogens with zero attached hydrogens (tertiary/aromatic N) is 3. The molecule has 2 aliphatic heterocycles. The SMILES string of the molecule is COc1ccc(-c2nc3c(c(N4CCOCC4)n2)Cc2ccc(OC)cc2O3)c(O)c1. The molecule has 1 saturated heterocycles. The van der Waals surface area contributed by atoms with Gasteiger partial charge in [-0.2, -0.15) is 4.98 Å². The van der Waals surface area contributed by atoms with Crippen LogP contribution in [-0.2, 0) is 11.2 Å². The molecule has 0 radical (unpaired) electrons. The van der Waals surface area contributed by atoms with Gasteiger partial charge in [0.15, 0.2) is 5.82 Å². The maximum Gasteiger partial charge on any atom is 0.228 e. The highest BCUT2D eigenvalue weighted by molar-refractivity contribution is 5.70. The quantitative estimate of drug-likeness (QED) is 0.537. The molecule has 160 valence electrons. The van der Waals surface area contributed by atoms with E-state index in [4.69, 9.17) is 23.9 Å². The normalized spacial score (nSPS) is 15.0. The van der Waals surface area contributed by atoms with Crippen molar-refractivity contribution in [3.05, 3.63) is 47.5 Å². The monoisotopic (exact) mass is 421 g/mol. The highest BCUT2D eigenvalue weighted by Crippen LogP contribution is 2.43. The van der Waals surface area contributed by atoms with Crippen LogP contribution in [0, 0.1) is 0 Å². The minimum absolute atomic E-state index is 0.0464. The molecule has 0 aliphatic carbocycles. The van der Waals surface area contributed by atoms with Gasteiger partial charge in [0, 0.05) is 31.6 Å². The van der Waals surface area contributed by atoms with Gasteiger partial charge in [-0.3, -0.25) is 0 Å². The van der Waals surface area contributed by atoms with E-state index in [-0.39, 0.29) is 5.75 Å². The standard InChI is InChI=1S/C23H23N3O5/c1-28-15-5-6-17(19(27)12-15)21-24-22(26-7-9-30-10-8-26)18-11-14-3-4-16(29-2)13-20(14)31-23(18)25-21/h3-6,12-13,27H,7-11H2,1-2H3. The summed E-state index contributed by atoms with van der Waals surface area (Å²) in [6.45, 7) is 2.73. The molecule has 8 heteroatoms. The van der Waals surface area contributed by atoms with Crippen LogP contribution in [0.4, 0.5) is 5.82 Å². The van der Waals surface area contributed by atoms with Crippen molar-refractivity contribution in [2.75, 3.05) is 45.4 Å². The summed E-state index contributed by atoms with van der Waals surface area (Å²) in [6.07, 6.45) is 0.649. The molecule has 0 amide bonds. The van der Waals surface area contributed by atoms with Crippen molar-refractivity contribution in [2.45, 2.75) is 6.42 Å². The minimum atomic E-state index is 0.0464. The van der Waals surface area contributed by atoms with E-state index in [2.05, 4.69) is 9.88 Å².